The largest absolute Gasteiger partial charge is 0.310 e. The molecule has 0 aliphatic rings. The van der Waals surface area contributed by atoms with Gasteiger partial charge in [0.2, 0.25) is 0 Å². The smallest absolute Gasteiger partial charge is 0.258 e. The molecule has 0 spiro atoms. The fourth-order valence-corrected chi connectivity index (χ4v) is 2.58. The molecule has 3 nitrogen and oxygen atoms in total. The molecule has 0 fully saturated rings. The van der Waals surface area contributed by atoms with Gasteiger partial charge in [0, 0.05) is 23.4 Å². The summed E-state index contributed by atoms with van der Waals surface area (Å²) < 4.78 is 0. The Bertz CT molecular complexity index is 887. The van der Waals surface area contributed by atoms with Gasteiger partial charge < -0.3 is 4.90 Å². The van der Waals surface area contributed by atoms with Gasteiger partial charge in [-0.15, -0.1) is 0 Å². The lowest BCUT2D eigenvalue weighted by Gasteiger charge is -2.18. The van der Waals surface area contributed by atoms with Gasteiger partial charge in [-0.25, -0.2) is 0 Å². The molecule has 3 rings (SSSR count). The Kier molecular flexibility index (Phi) is 5.73. The van der Waals surface area contributed by atoms with Crippen LogP contribution in [0.5, 0.6) is 0 Å². The molecule has 3 aromatic carbocycles. The maximum Gasteiger partial charge on any atom is 0.258 e. The van der Waals surface area contributed by atoms with E-state index in [2.05, 4.69) is 0 Å². The van der Waals surface area contributed by atoms with Crippen LogP contribution in [0.1, 0.15) is 26.3 Å². The van der Waals surface area contributed by atoms with Crippen LogP contribution < -0.4 is 0 Å². The lowest BCUT2D eigenvalue weighted by Crippen LogP contribution is -2.25. The molecule has 0 heterocycles. The van der Waals surface area contributed by atoms with Gasteiger partial charge in [0.1, 0.15) is 0 Å². The molecule has 0 radical (unpaired) electrons. The van der Waals surface area contributed by atoms with E-state index in [4.69, 9.17) is 0 Å². The van der Waals surface area contributed by atoms with Crippen molar-refractivity contribution >= 4 is 11.7 Å². The van der Waals surface area contributed by atoms with Crippen molar-refractivity contribution in [1.29, 1.82) is 0 Å². The second-order valence-electron chi connectivity index (χ2n) is 5.83. The van der Waals surface area contributed by atoms with Crippen molar-refractivity contribution in [3.05, 3.63) is 120 Å². The first-order valence-electron chi connectivity index (χ1n) is 8.41. The summed E-state index contributed by atoms with van der Waals surface area (Å²) in [5.41, 5.74) is 2.17. The zero-order valence-corrected chi connectivity index (χ0v) is 14.3. The number of nitrogens with zero attached hydrogens (tertiary/aromatic N) is 1. The fraction of sp³-hybridized carbons (Fsp3) is 0.0435. The molecule has 0 aromatic heterocycles. The zero-order chi connectivity index (χ0) is 18.2. The Hall–Kier alpha value is -3.46. The van der Waals surface area contributed by atoms with Crippen LogP contribution in [0, 0.1) is 0 Å². The SMILES string of the molecule is O=C(/C=C/N(Cc1ccccc1)C(=O)c1ccccc1)c1ccccc1. The van der Waals surface area contributed by atoms with E-state index in [1.54, 1.807) is 35.4 Å². The minimum atomic E-state index is -0.147. The highest BCUT2D eigenvalue weighted by Crippen LogP contribution is 2.11. The Labute approximate surface area is 153 Å². The first kappa shape index (κ1) is 17.4. The second-order valence-corrected chi connectivity index (χ2v) is 5.83. The Morgan fingerprint density at radius 3 is 1.77 bits per heavy atom. The van der Waals surface area contributed by atoms with E-state index < -0.39 is 0 Å². The molecule has 0 unspecified atom stereocenters. The molecular formula is C23H19NO2. The van der Waals surface area contributed by atoms with Crippen LogP contribution in [0.25, 0.3) is 0 Å². The van der Waals surface area contributed by atoms with Crippen molar-refractivity contribution < 1.29 is 9.59 Å². The summed E-state index contributed by atoms with van der Waals surface area (Å²) in [5.74, 6) is -0.281. The maximum absolute atomic E-state index is 12.9. The van der Waals surface area contributed by atoms with Crippen molar-refractivity contribution in [3.63, 3.8) is 0 Å². The van der Waals surface area contributed by atoms with E-state index in [9.17, 15) is 9.59 Å². The number of carbonyl (C=O) groups is 2. The summed E-state index contributed by atoms with van der Waals surface area (Å²) in [6.07, 6.45) is 3.01. The van der Waals surface area contributed by atoms with E-state index in [-0.39, 0.29) is 11.7 Å². The number of hydrogen-bond acceptors (Lipinski definition) is 2. The predicted molar refractivity (Wildman–Crippen MR) is 103 cm³/mol. The Balaban J connectivity index is 1.84. The third kappa shape index (κ3) is 4.54. The van der Waals surface area contributed by atoms with E-state index in [0.717, 1.165) is 5.56 Å². The van der Waals surface area contributed by atoms with Crippen LogP contribution in [0.15, 0.2) is 103 Å². The quantitative estimate of drug-likeness (QED) is 0.480. The summed E-state index contributed by atoms with van der Waals surface area (Å²) in [4.78, 5) is 26.8. The number of rotatable bonds is 6. The Morgan fingerprint density at radius 2 is 1.19 bits per heavy atom. The minimum Gasteiger partial charge on any atom is -0.310 e. The molecule has 26 heavy (non-hydrogen) atoms. The molecule has 128 valence electrons. The van der Waals surface area contributed by atoms with Crippen LogP contribution in [0.3, 0.4) is 0 Å². The molecule has 3 heteroatoms. The van der Waals surface area contributed by atoms with E-state index in [1.165, 1.54) is 6.08 Å². The van der Waals surface area contributed by atoms with Crippen molar-refractivity contribution in [2.24, 2.45) is 0 Å². The van der Waals surface area contributed by atoms with Gasteiger partial charge in [0.05, 0.1) is 6.54 Å². The predicted octanol–water partition coefficient (Wildman–Crippen LogP) is 4.73. The van der Waals surface area contributed by atoms with Crippen LogP contribution >= 0.6 is 0 Å². The van der Waals surface area contributed by atoms with Gasteiger partial charge in [-0.2, -0.15) is 0 Å². The molecular weight excluding hydrogens is 322 g/mol. The van der Waals surface area contributed by atoms with Crippen molar-refractivity contribution in [2.45, 2.75) is 6.54 Å². The van der Waals surface area contributed by atoms with Gasteiger partial charge in [0.15, 0.2) is 5.78 Å². The minimum absolute atomic E-state index is 0.135. The van der Waals surface area contributed by atoms with Crippen LogP contribution in [0.4, 0.5) is 0 Å². The van der Waals surface area contributed by atoms with Gasteiger partial charge in [-0.1, -0.05) is 78.9 Å². The highest BCUT2D eigenvalue weighted by Gasteiger charge is 2.14. The zero-order valence-electron chi connectivity index (χ0n) is 14.3. The van der Waals surface area contributed by atoms with Gasteiger partial charge in [0.25, 0.3) is 5.91 Å². The topological polar surface area (TPSA) is 37.4 Å². The number of hydrogen-bond donors (Lipinski definition) is 0. The first-order chi connectivity index (χ1) is 12.7. The number of allylic oxidation sites excluding steroid dienone is 1. The van der Waals surface area contributed by atoms with Gasteiger partial charge in [-0.3, -0.25) is 9.59 Å². The molecule has 0 aliphatic carbocycles. The highest BCUT2D eigenvalue weighted by molar-refractivity contribution is 6.05. The number of benzene rings is 3. The molecule has 0 atom stereocenters. The normalized spacial score (nSPS) is 10.6. The second kappa shape index (κ2) is 8.58. The van der Waals surface area contributed by atoms with Crippen LogP contribution in [-0.4, -0.2) is 16.6 Å². The number of amides is 1. The number of ketones is 1. The molecule has 0 saturated heterocycles. The van der Waals surface area contributed by atoms with Crippen molar-refractivity contribution in [2.75, 3.05) is 0 Å². The van der Waals surface area contributed by atoms with Gasteiger partial charge in [-0.05, 0) is 17.7 Å². The van der Waals surface area contributed by atoms with E-state index in [0.29, 0.717) is 17.7 Å². The number of carbonyl (C=O) groups excluding carboxylic acids is 2. The molecule has 0 bridgehead atoms. The monoisotopic (exact) mass is 341 g/mol. The molecule has 0 aliphatic heterocycles. The first-order valence-corrected chi connectivity index (χ1v) is 8.41. The molecule has 0 N–H and O–H groups in total. The Morgan fingerprint density at radius 1 is 0.692 bits per heavy atom. The summed E-state index contributed by atoms with van der Waals surface area (Å²) >= 11 is 0. The standard InChI is InChI=1S/C23H19NO2/c25-22(20-12-6-2-7-13-20)16-17-24(18-19-10-4-1-5-11-19)23(26)21-14-8-3-9-15-21/h1-17H,18H2/b17-16+. The average molecular weight is 341 g/mol. The maximum atomic E-state index is 12.9. The summed E-state index contributed by atoms with van der Waals surface area (Å²) in [7, 11) is 0. The van der Waals surface area contributed by atoms with E-state index in [1.807, 2.05) is 66.7 Å². The van der Waals surface area contributed by atoms with Crippen molar-refractivity contribution in [3.8, 4) is 0 Å². The van der Waals surface area contributed by atoms with Crippen LogP contribution in [-0.2, 0) is 6.54 Å². The van der Waals surface area contributed by atoms with Crippen LogP contribution in [0.2, 0.25) is 0 Å². The molecule has 1 amide bonds. The summed E-state index contributed by atoms with van der Waals surface area (Å²) in [6, 6.07) is 27.8. The third-order valence-electron chi connectivity index (χ3n) is 3.94. The fourth-order valence-electron chi connectivity index (χ4n) is 2.58. The molecule has 3 aromatic rings. The third-order valence-corrected chi connectivity index (χ3v) is 3.94. The summed E-state index contributed by atoms with van der Waals surface area (Å²) in [5, 5.41) is 0. The lowest BCUT2D eigenvalue weighted by molar-refractivity contribution is 0.0813. The van der Waals surface area contributed by atoms with E-state index >= 15 is 0 Å². The highest BCUT2D eigenvalue weighted by atomic mass is 16.2. The lowest BCUT2D eigenvalue weighted by atomic mass is 10.1. The molecule has 0 saturated carbocycles. The average Bonchev–Trinajstić information content (AvgIpc) is 2.72. The van der Waals surface area contributed by atoms with Crippen molar-refractivity contribution in [1.82, 2.24) is 4.90 Å². The summed E-state index contributed by atoms with van der Waals surface area (Å²) in [6.45, 7) is 0.396. The van der Waals surface area contributed by atoms with Gasteiger partial charge >= 0.3 is 0 Å².